The second-order valence-corrected chi connectivity index (χ2v) is 7.09. The summed E-state index contributed by atoms with van der Waals surface area (Å²) < 4.78 is 0. The highest BCUT2D eigenvalue weighted by molar-refractivity contribution is 7.98. The topological polar surface area (TPSA) is 55.1 Å². The molecule has 0 bridgehead atoms. The summed E-state index contributed by atoms with van der Waals surface area (Å²) in [4.78, 5) is 11.6. The van der Waals surface area contributed by atoms with Gasteiger partial charge in [-0.05, 0) is 49.6 Å². The largest absolute Gasteiger partial charge is 0.368 e. The lowest BCUT2D eigenvalue weighted by molar-refractivity contribution is -0.124. The molecule has 0 heterocycles. The first-order valence-electron chi connectivity index (χ1n) is 6.89. The van der Waals surface area contributed by atoms with Crippen LogP contribution in [0.2, 0.25) is 5.02 Å². The Hall–Kier alpha value is -0.710. The van der Waals surface area contributed by atoms with Gasteiger partial charge in [0.2, 0.25) is 5.91 Å². The van der Waals surface area contributed by atoms with Crippen molar-refractivity contribution < 1.29 is 4.79 Å². The Morgan fingerprint density at radius 3 is 2.65 bits per heavy atom. The lowest BCUT2D eigenvalue weighted by Gasteiger charge is -2.27. The number of hydrogen-bond acceptors (Lipinski definition) is 3. The smallest absolute Gasteiger partial charge is 0.237 e. The number of benzene rings is 1. The molecule has 1 atom stereocenters. The Morgan fingerprint density at radius 2 is 2.10 bits per heavy atom. The van der Waals surface area contributed by atoms with Crippen molar-refractivity contribution in [2.45, 2.75) is 43.5 Å². The van der Waals surface area contributed by atoms with E-state index in [1.165, 1.54) is 5.56 Å². The molecule has 1 saturated carbocycles. The molecule has 0 radical (unpaired) electrons. The van der Waals surface area contributed by atoms with Crippen molar-refractivity contribution in [3.63, 3.8) is 0 Å². The van der Waals surface area contributed by atoms with E-state index in [9.17, 15) is 4.79 Å². The summed E-state index contributed by atoms with van der Waals surface area (Å²) >= 11 is 7.67. The maximum atomic E-state index is 11.6. The molecule has 1 fully saturated rings. The fourth-order valence-electron chi connectivity index (χ4n) is 1.99. The van der Waals surface area contributed by atoms with Crippen LogP contribution in [-0.4, -0.2) is 23.2 Å². The Bertz CT molecular complexity index is 461. The first-order valence-corrected chi connectivity index (χ1v) is 8.43. The van der Waals surface area contributed by atoms with E-state index < -0.39 is 5.54 Å². The van der Waals surface area contributed by atoms with Crippen molar-refractivity contribution in [1.29, 1.82) is 0 Å². The quantitative estimate of drug-likeness (QED) is 0.726. The van der Waals surface area contributed by atoms with Crippen molar-refractivity contribution in [1.82, 2.24) is 5.32 Å². The summed E-state index contributed by atoms with van der Waals surface area (Å²) in [5.74, 6) is 1.58. The zero-order valence-corrected chi connectivity index (χ0v) is 13.3. The number of nitrogens with two attached hydrogens (primary N) is 1. The molecule has 2 rings (SSSR count). The van der Waals surface area contributed by atoms with E-state index in [0.717, 1.165) is 35.8 Å². The summed E-state index contributed by atoms with van der Waals surface area (Å²) in [6, 6.07) is 8.35. The number of primary amides is 1. The number of nitrogens with one attached hydrogen (secondary N) is 1. The molecule has 1 aliphatic carbocycles. The van der Waals surface area contributed by atoms with Crippen LogP contribution < -0.4 is 11.1 Å². The predicted molar refractivity (Wildman–Crippen MR) is 86.0 cm³/mol. The van der Waals surface area contributed by atoms with Gasteiger partial charge >= 0.3 is 0 Å². The molecule has 1 aliphatic rings. The number of carbonyl (C=O) groups excluding carboxylic acids is 1. The van der Waals surface area contributed by atoms with Crippen LogP contribution in [0.25, 0.3) is 0 Å². The van der Waals surface area contributed by atoms with Crippen LogP contribution >= 0.6 is 23.4 Å². The fourth-order valence-corrected chi connectivity index (χ4v) is 3.24. The van der Waals surface area contributed by atoms with Gasteiger partial charge in [0.25, 0.3) is 0 Å². The van der Waals surface area contributed by atoms with Gasteiger partial charge in [0.05, 0.1) is 5.54 Å². The van der Waals surface area contributed by atoms with Crippen LogP contribution in [0.15, 0.2) is 24.3 Å². The second-order valence-electron chi connectivity index (χ2n) is 5.54. The fraction of sp³-hybridized carbons (Fsp3) is 0.533. The minimum absolute atomic E-state index is 0.253. The van der Waals surface area contributed by atoms with Crippen LogP contribution in [0.4, 0.5) is 0 Å². The maximum absolute atomic E-state index is 11.6. The molecule has 0 spiro atoms. The highest BCUT2D eigenvalue weighted by Crippen LogP contribution is 2.25. The molecule has 1 aromatic carbocycles. The van der Waals surface area contributed by atoms with Crippen molar-refractivity contribution >= 4 is 29.3 Å². The van der Waals surface area contributed by atoms with Gasteiger partial charge in [-0.3, -0.25) is 4.79 Å². The van der Waals surface area contributed by atoms with Gasteiger partial charge in [0.1, 0.15) is 0 Å². The van der Waals surface area contributed by atoms with E-state index in [0.29, 0.717) is 6.04 Å². The number of amides is 1. The van der Waals surface area contributed by atoms with Gasteiger partial charge in [-0.1, -0.05) is 23.7 Å². The normalized spacial score (nSPS) is 17.7. The Morgan fingerprint density at radius 1 is 1.45 bits per heavy atom. The predicted octanol–water partition coefficient (Wildman–Crippen LogP) is 2.96. The molecule has 3 nitrogen and oxygen atoms in total. The number of halogens is 1. The number of carbonyl (C=O) groups is 1. The van der Waals surface area contributed by atoms with Crippen molar-refractivity contribution in [3.05, 3.63) is 34.9 Å². The standard InChI is InChI=1S/C15H21ClN2OS/c1-15(14(17)19,18-13-6-7-13)8-9-20-10-11-2-4-12(16)5-3-11/h2-5,13,18H,6-10H2,1H3,(H2,17,19). The van der Waals surface area contributed by atoms with Crippen LogP contribution in [0.5, 0.6) is 0 Å². The number of thioether (sulfide) groups is 1. The molecule has 1 amide bonds. The van der Waals surface area contributed by atoms with Crippen LogP contribution in [0.1, 0.15) is 31.7 Å². The molecule has 0 aliphatic heterocycles. The van der Waals surface area contributed by atoms with E-state index in [1.807, 2.05) is 43.0 Å². The molecule has 1 aromatic rings. The maximum Gasteiger partial charge on any atom is 0.237 e. The molecule has 1 unspecified atom stereocenters. The Kier molecular flexibility index (Phi) is 5.35. The van der Waals surface area contributed by atoms with Gasteiger partial charge in [-0.15, -0.1) is 0 Å². The molecule has 3 N–H and O–H groups in total. The zero-order valence-electron chi connectivity index (χ0n) is 11.7. The molecular weight excluding hydrogens is 292 g/mol. The van der Waals surface area contributed by atoms with Gasteiger partial charge in [0.15, 0.2) is 0 Å². The first-order chi connectivity index (χ1) is 9.49. The minimum atomic E-state index is -0.575. The van der Waals surface area contributed by atoms with Gasteiger partial charge in [-0.2, -0.15) is 11.8 Å². The minimum Gasteiger partial charge on any atom is -0.368 e. The third kappa shape index (κ3) is 4.69. The summed E-state index contributed by atoms with van der Waals surface area (Å²) in [5, 5.41) is 4.13. The number of hydrogen-bond donors (Lipinski definition) is 2. The molecule has 0 saturated heterocycles. The van der Waals surface area contributed by atoms with Crippen molar-refractivity contribution in [2.24, 2.45) is 5.73 Å². The van der Waals surface area contributed by atoms with E-state index in [2.05, 4.69) is 5.32 Å². The number of rotatable bonds is 8. The summed E-state index contributed by atoms with van der Waals surface area (Å²) in [6.45, 7) is 1.91. The highest BCUT2D eigenvalue weighted by Gasteiger charge is 2.36. The Balaban J connectivity index is 1.75. The average Bonchev–Trinajstić information content (AvgIpc) is 3.20. The molecule has 0 aromatic heterocycles. The Labute approximate surface area is 129 Å². The van der Waals surface area contributed by atoms with Crippen LogP contribution in [0.3, 0.4) is 0 Å². The van der Waals surface area contributed by atoms with Gasteiger partial charge in [0, 0.05) is 16.8 Å². The third-order valence-corrected chi connectivity index (χ3v) is 4.85. The lowest BCUT2D eigenvalue weighted by Crippen LogP contribution is -2.54. The highest BCUT2D eigenvalue weighted by atomic mass is 35.5. The summed E-state index contributed by atoms with van der Waals surface area (Å²) in [5.41, 5.74) is 6.20. The van der Waals surface area contributed by atoms with Crippen molar-refractivity contribution in [2.75, 3.05) is 5.75 Å². The third-order valence-electron chi connectivity index (χ3n) is 3.57. The molecule has 110 valence electrons. The monoisotopic (exact) mass is 312 g/mol. The molecule has 20 heavy (non-hydrogen) atoms. The van der Waals surface area contributed by atoms with E-state index in [1.54, 1.807) is 0 Å². The second kappa shape index (κ2) is 6.83. The lowest BCUT2D eigenvalue weighted by atomic mass is 9.98. The van der Waals surface area contributed by atoms with Gasteiger partial charge < -0.3 is 11.1 Å². The SMILES string of the molecule is CC(CCSCc1ccc(Cl)cc1)(NC1CC1)C(N)=O. The molecular formula is C15H21ClN2OS. The summed E-state index contributed by atoms with van der Waals surface area (Å²) in [6.07, 6.45) is 3.07. The van der Waals surface area contributed by atoms with Gasteiger partial charge in [-0.25, -0.2) is 0 Å². The zero-order chi connectivity index (χ0) is 14.6. The average molecular weight is 313 g/mol. The van der Waals surface area contributed by atoms with E-state index in [-0.39, 0.29) is 5.91 Å². The van der Waals surface area contributed by atoms with E-state index in [4.69, 9.17) is 17.3 Å². The summed E-state index contributed by atoms with van der Waals surface area (Å²) in [7, 11) is 0. The van der Waals surface area contributed by atoms with Crippen LogP contribution in [0, 0.1) is 0 Å². The van der Waals surface area contributed by atoms with Crippen molar-refractivity contribution in [3.8, 4) is 0 Å². The van der Waals surface area contributed by atoms with E-state index >= 15 is 0 Å². The molecule has 5 heteroatoms. The first kappa shape index (κ1) is 15.7. The van der Waals surface area contributed by atoms with Crippen LogP contribution in [-0.2, 0) is 10.5 Å².